The van der Waals surface area contributed by atoms with E-state index in [1.165, 1.54) is 10.9 Å². The van der Waals surface area contributed by atoms with Gasteiger partial charge in [0.1, 0.15) is 6.10 Å². The van der Waals surface area contributed by atoms with E-state index in [0.29, 0.717) is 0 Å². The number of rotatable bonds is 2. The summed E-state index contributed by atoms with van der Waals surface area (Å²) in [5.74, 6) is 0. The quantitative estimate of drug-likeness (QED) is 0.237. The first-order valence-electron chi connectivity index (χ1n) is 10.5. The van der Waals surface area contributed by atoms with Crippen molar-refractivity contribution in [1.29, 1.82) is 0 Å². The fourth-order valence-electron chi connectivity index (χ4n) is 4.98. The molecular formula is C29H18Br2O. The van der Waals surface area contributed by atoms with Gasteiger partial charge in [0.25, 0.3) is 0 Å². The molecule has 5 aromatic rings. The molecule has 5 aromatic carbocycles. The van der Waals surface area contributed by atoms with Crippen LogP contribution in [-0.2, 0) is 0 Å². The van der Waals surface area contributed by atoms with Gasteiger partial charge in [0.15, 0.2) is 0 Å². The van der Waals surface area contributed by atoms with Crippen molar-refractivity contribution in [3.05, 3.63) is 117 Å². The Morgan fingerprint density at radius 3 is 2.00 bits per heavy atom. The fourth-order valence-corrected chi connectivity index (χ4v) is 5.61. The molecule has 0 bridgehead atoms. The molecule has 0 aromatic heterocycles. The normalized spacial score (nSPS) is 14.4. The fraction of sp³-hybridized carbons (Fsp3) is 0.0345. The molecular weight excluding hydrogens is 524 g/mol. The van der Waals surface area contributed by atoms with Crippen LogP contribution in [-0.4, -0.2) is 5.11 Å². The van der Waals surface area contributed by atoms with Crippen LogP contribution in [0.2, 0.25) is 0 Å². The van der Waals surface area contributed by atoms with Gasteiger partial charge in [-0.2, -0.15) is 0 Å². The first kappa shape index (κ1) is 19.9. The van der Waals surface area contributed by atoms with Gasteiger partial charge in [-0.25, -0.2) is 0 Å². The largest absolute Gasteiger partial charge is 0.384 e. The van der Waals surface area contributed by atoms with E-state index in [0.717, 1.165) is 53.3 Å². The van der Waals surface area contributed by atoms with Gasteiger partial charge in [0.2, 0.25) is 0 Å². The second-order valence-corrected chi connectivity index (χ2v) is 9.92. The number of benzene rings is 5. The van der Waals surface area contributed by atoms with E-state index in [4.69, 9.17) is 0 Å². The van der Waals surface area contributed by atoms with Crippen LogP contribution in [0.15, 0.2) is 106 Å². The molecule has 1 nitrogen and oxygen atoms in total. The molecule has 0 saturated carbocycles. The lowest BCUT2D eigenvalue weighted by Gasteiger charge is -2.21. The topological polar surface area (TPSA) is 20.2 Å². The maximum atomic E-state index is 11.6. The van der Waals surface area contributed by atoms with Crippen molar-refractivity contribution in [1.82, 2.24) is 0 Å². The Bertz CT molecular complexity index is 1490. The van der Waals surface area contributed by atoms with Gasteiger partial charge >= 0.3 is 0 Å². The standard InChI is InChI=1S/C29H18Br2O/c30-19-12-10-18(11-13-19)25-22-15-14-20(31)16-24(22)26(17-6-2-1-3-7-17)27-21-8-4-5-9-23(21)29(32)28(25)27/h1-16,29,32H. The number of hydrogen-bond acceptors (Lipinski definition) is 1. The minimum atomic E-state index is -0.671. The number of fused-ring (bicyclic) bond motifs is 4. The summed E-state index contributed by atoms with van der Waals surface area (Å²) in [6, 6.07) is 33.6. The van der Waals surface area contributed by atoms with Crippen molar-refractivity contribution < 1.29 is 5.11 Å². The molecule has 1 unspecified atom stereocenters. The molecule has 0 spiro atoms. The van der Waals surface area contributed by atoms with Gasteiger partial charge in [0.05, 0.1) is 0 Å². The maximum Gasteiger partial charge on any atom is 0.106 e. The summed E-state index contributed by atoms with van der Waals surface area (Å²) in [5.41, 5.74) is 8.70. The number of aliphatic hydroxyl groups excluding tert-OH is 1. The average molecular weight is 542 g/mol. The summed E-state index contributed by atoms with van der Waals surface area (Å²) in [6.07, 6.45) is -0.671. The summed E-state index contributed by atoms with van der Waals surface area (Å²) in [5, 5.41) is 13.9. The lowest BCUT2D eigenvalue weighted by Crippen LogP contribution is -2.00. The Morgan fingerprint density at radius 1 is 0.562 bits per heavy atom. The van der Waals surface area contributed by atoms with Crippen LogP contribution in [0.3, 0.4) is 0 Å². The summed E-state index contributed by atoms with van der Waals surface area (Å²) in [7, 11) is 0. The molecule has 3 heteroatoms. The molecule has 154 valence electrons. The van der Waals surface area contributed by atoms with E-state index in [1.807, 2.05) is 18.2 Å². The highest BCUT2D eigenvalue weighted by Gasteiger charge is 2.34. The summed E-state index contributed by atoms with van der Waals surface area (Å²) < 4.78 is 2.07. The molecule has 0 heterocycles. The molecule has 1 atom stereocenters. The Hall–Kier alpha value is -2.72. The summed E-state index contributed by atoms with van der Waals surface area (Å²) in [6.45, 7) is 0. The van der Waals surface area contributed by atoms with E-state index in [9.17, 15) is 5.11 Å². The predicted octanol–water partition coefficient (Wildman–Crippen LogP) is 8.76. The van der Waals surface area contributed by atoms with Gasteiger partial charge in [-0.15, -0.1) is 0 Å². The van der Waals surface area contributed by atoms with Crippen molar-refractivity contribution in [2.24, 2.45) is 0 Å². The highest BCUT2D eigenvalue weighted by atomic mass is 79.9. The maximum absolute atomic E-state index is 11.6. The molecule has 32 heavy (non-hydrogen) atoms. The highest BCUT2D eigenvalue weighted by Crippen LogP contribution is 2.55. The van der Waals surface area contributed by atoms with Gasteiger partial charge in [0, 0.05) is 14.5 Å². The van der Waals surface area contributed by atoms with E-state index < -0.39 is 6.10 Å². The summed E-state index contributed by atoms with van der Waals surface area (Å²) in [4.78, 5) is 0. The Kier molecular flexibility index (Phi) is 4.80. The van der Waals surface area contributed by atoms with Gasteiger partial charge in [-0.1, -0.05) is 105 Å². The smallest absolute Gasteiger partial charge is 0.106 e. The molecule has 1 aliphatic rings. The van der Waals surface area contributed by atoms with Crippen molar-refractivity contribution in [2.75, 3.05) is 0 Å². The second-order valence-electron chi connectivity index (χ2n) is 8.09. The molecule has 0 amide bonds. The monoisotopic (exact) mass is 540 g/mol. The first-order chi connectivity index (χ1) is 15.6. The Labute approximate surface area is 203 Å². The van der Waals surface area contributed by atoms with E-state index in [2.05, 4.69) is 111 Å². The second kappa shape index (κ2) is 7.70. The Morgan fingerprint density at radius 2 is 1.22 bits per heavy atom. The number of hydrogen-bond donors (Lipinski definition) is 1. The molecule has 0 saturated heterocycles. The zero-order chi connectivity index (χ0) is 21.8. The van der Waals surface area contributed by atoms with Crippen LogP contribution in [0.5, 0.6) is 0 Å². The van der Waals surface area contributed by atoms with Crippen LogP contribution < -0.4 is 0 Å². The average Bonchev–Trinajstić information content (AvgIpc) is 3.11. The minimum Gasteiger partial charge on any atom is -0.384 e. The first-order valence-corrected chi connectivity index (χ1v) is 12.1. The van der Waals surface area contributed by atoms with Crippen molar-refractivity contribution in [2.45, 2.75) is 6.10 Å². The molecule has 0 fully saturated rings. The van der Waals surface area contributed by atoms with Crippen LogP contribution in [0, 0.1) is 0 Å². The molecule has 1 aliphatic carbocycles. The predicted molar refractivity (Wildman–Crippen MR) is 140 cm³/mol. The third-order valence-corrected chi connectivity index (χ3v) is 7.32. The van der Waals surface area contributed by atoms with Crippen LogP contribution in [0.4, 0.5) is 0 Å². The van der Waals surface area contributed by atoms with Crippen molar-refractivity contribution in [3.63, 3.8) is 0 Å². The SMILES string of the molecule is OC1c2ccccc2-c2c1c(-c1ccc(Br)cc1)c1ccc(Br)cc1c2-c1ccccc1. The Balaban J connectivity index is 1.85. The minimum absolute atomic E-state index is 0.671. The molecule has 6 rings (SSSR count). The molecule has 0 aliphatic heterocycles. The third kappa shape index (κ3) is 3.00. The van der Waals surface area contributed by atoms with Crippen molar-refractivity contribution >= 4 is 42.6 Å². The van der Waals surface area contributed by atoms with E-state index in [1.54, 1.807) is 0 Å². The molecule has 1 N–H and O–H groups in total. The van der Waals surface area contributed by atoms with Gasteiger partial charge in [-0.3, -0.25) is 0 Å². The molecule has 0 radical (unpaired) electrons. The number of aliphatic hydroxyl groups is 1. The lowest BCUT2D eigenvalue weighted by atomic mass is 9.83. The lowest BCUT2D eigenvalue weighted by molar-refractivity contribution is 0.226. The zero-order valence-electron chi connectivity index (χ0n) is 17.0. The van der Waals surface area contributed by atoms with E-state index in [-0.39, 0.29) is 0 Å². The van der Waals surface area contributed by atoms with Crippen LogP contribution >= 0.6 is 31.9 Å². The highest BCUT2D eigenvalue weighted by molar-refractivity contribution is 9.10. The van der Waals surface area contributed by atoms with Gasteiger partial charge < -0.3 is 5.11 Å². The zero-order valence-corrected chi connectivity index (χ0v) is 20.2. The van der Waals surface area contributed by atoms with Crippen LogP contribution in [0.25, 0.3) is 44.2 Å². The summed E-state index contributed by atoms with van der Waals surface area (Å²) >= 11 is 7.26. The van der Waals surface area contributed by atoms with Crippen molar-refractivity contribution in [3.8, 4) is 33.4 Å². The third-order valence-electron chi connectivity index (χ3n) is 6.30. The van der Waals surface area contributed by atoms with E-state index >= 15 is 0 Å². The van der Waals surface area contributed by atoms with Crippen LogP contribution in [0.1, 0.15) is 17.2 Å². The van der Waals surface area contributed by atoms with Gasteiger partial charge in [-0.05, 0) is 74.0 Å². The number of halogens is 2.